The number of aromatic nitrogens is 2. The average molecular weight is 238 g/mol. The zero-order valence-electron chi connectivity index (χ0n) is 9.43. The highest BCUT2D eigenvalue weighted by molar-refractivity contribution is 7.99. The highest BCUT2D eigenvalue weighted by Gasteiger charge is 2.23. The summed E-state index contributed by atoms with van der Waals surface area (Å²) in [6.45, 7) is 0.754. The molecule has 2 atom stereocenters. The summed E-state index contributed by atoms with van der Waals surface area (Å²) in [6.07, 6.45) is 6.13. The van der Waals surface area contributed by atoms with E-state index in [0.717, 1.165) is 31.7 Å². The highest BCUT2D eigenvalue weighted by atomic mass is 32.2. The molecule has 0 saturated carbocycles. The Bertz CT molecular complexity index is 371. The number of imidazole rings is 1. The summed E-state index contributed by atoms with van der Waals surface area (Å²) in [5, 5.41) is 9.71. The fourth-order valence-corrected chi connectivity index (χ4v) is 3.94. The van der Waals surface area contributed by atoms with Gasteiger partial charge in [-0.2, -0.15) is 11.8 Å². The second kappa shape index (κ2) is 4.41. The van der Waals surface area contributed by atoms with Crippen molar-refractivity contribution in [1.29, 1.82) is 0 Å². The van der Waals surface area contributed by atoms with Gasteiger partial charge in [-0.05, 0) is 36.7 Å². The van der Waals surface area contributed by atoms with Crippen LogP contribution in [0.15, 0.2) is 6.20 Å². The van der Waals surface area contributed by atoms with Crippen LogP contribution in [0.4, 0.5) is 0 Å². The molecule has 3 heterocycles. The van der Waals surface area contributed by atoms with Gasteiger partial charge in [0.25, 0.3) is 0 Å². The molecule has 2 unspecified atom stereocenters. The van der Waals surface area contributed by atoms with E-state index in [4.69, 9.17) is 0 Å². The lowest BCUT2D eigenvalue weighted by Gasteiger charge is -2.22. The van der Waals surface area contributed by atoms with E-state index in [9.17, 15) is 5.11 Å². The van der Waals surface area contributed by atoms with Gasteiger partial charge in [-0.25, -0.2) is 4.98 Å². The zero-order chi connectivity index (χ0) is 11.0. The number of rotatable bonds is 2. The maximum Gasteiger partial charge on any atom is 0.109 e. The van der Waals surface area contributed by atoms with Crippen molar-refractivity contribution in [2.24, 2.45) is 5.92 Å². The number of hydrogen-bond acceptors (Lipinski definition) is 3. The number of thioether (sulfide) groups is 1. The zero-order valence-corrected chi connectivity index (χ0v) is 10.2. The first kappa shape index (κ1) is 10.7. The van der Waals surface area contributed by atoms with Crippen LogP contribution in [0.25, 0.3) is 0 Å². The SMILES string of the molecule is OC1CCc2cnc(CC3CCSC3)n2C1. The van der Waals surface area contributed by atoms with Gasteiger partial charge in [0.05, 0.1) is 12.6 Å². The third kappa shape index (κ3) is 2.00. The van der Waals surface area contributed by atoms with Crippen molar-refractivity contribution >= 4 is 11.8 Å². The van der Waals surface area contributed by atoms with E-state index in [1.807, 2.05) is 6.20 Å². The summed E-state index contributed by atoms with van der Waals surface area (Å²) in [5.41, 5.74) is 1.31. The van der Waals surface area contributed by atoms with E-state index in [-0.39, 0.29) is 6.10 Å². The normalized spacial score (nSPS) is 29.3. The van der Waals surface area contributed by atoms with Crippen LogP contribution in [0.3, 0.4) is 0 Å². The van der Waals surface area contributed by atoms with Crippen LogP contribution < -0.4 is 0 Å². The Kier molecular flexibility index (Phi) is 2.94. The Hall–Kier alpha value is -0.480. The van der Waals surface area contributed by atoms with Crippen LogP contribution in [0.2, 0.25) is 0 Å². The summed E-state index contributed by atoms with van der Waals surface area (Å²) in [4.78, 5) is 4.54. The van der Waals surface area contributed by atoms with E-state index < -0.39 is 0 Å². The third-order valence-corrected chi connectivity index (χ3v) is 4.87. The Morgan fingerprint density at radius 1 is 1.50 bits per heavy atom. The molecule has 1 fully saturated rings. The molecule has 1 aromatic heterocycles. The van der Waals surface area contributed by atoms with Gasteiger partial charge in [-0.3, -0.25) is 0 Å². The predicted molar refractivity (Wildman–Crippen MR) is 65.7 cm³/mol. The van der Waals surface area contributed by atoms with Crippen molar-refractivity contribution in [3.05, 3.63) is 17.7 Å². The first-order valence-electron chi connectivity index (χ1n) is 6.12. The van der Waals surface area contributed by atoms with Crippen molar-refractivity contribution in [2.75, 3.05) is 11.5 Å². The van der Waals surface area contributed by atoms with Crippen molar-refractivity contribution in [2.45, 2.75) is 38.3 Å². The second-order valence-electron chi connectivity index (χ2n) is 4.90. The fraction of sp³-hybridized carbons (Fsp3) is 0.750. The minimum absolute atomic E-state index is 0.168. The molecular formula is C12H18N2OS. The molecule has 3 rings (SSSR count). The van der Waals surface area contributed by atoms with Gasteiger partial charge < -0.3 is 9.67 Å². The van der Waals surface area contributed by atoms with Crippen molar-refractivity contribution in [3.63, 3.8) is 0 Å². The molecule has 4 heteroatoms. The lowest BCUT2D eigenvalue weighted by Crippen LogP contribution is -2.25. The maximum absolute atomic E-state index is 9.71. The molecule has 16 heavy (non-hydrogen) atoms. The van der Waals surface area contributed by atoms with E-state index in [0.29, 0.717) is 0 Å². The number of nitrogens with zero attached hydrogens (tertiary/aromatic N) is 2. The molecule has 0 radical (unpaired) electrons. The quantitative estimate of drug-likeness (QED) is 0.848. The molecule has 2 aliphatic heterocycles. The van der Waals surface area contributed by atoms with Crippen molar-refractivity contribution in [1.82, 2.24) is 9.55 Å². The lowest BCUT2D eigenvalue weighted by atomic mass is 10.0. The maximum atomic E-state index is 9.71. The van der Waals surface area contributed by atoms with Crippen LogP contribution in [-0.4, -0.2) is 32.3 Å². The molecular weight excluding hydrogens is 220 g/mol. The summed E-state index contributed by atoms with van der Waals surface area (Å²) >= 11 is 2.06. The first-order chi connectivity index (χ1) is 7.83. The number of fused-ring (bicyclic) bond motifs is 1. The van der Waals surface area contributed by atoms with Gasteiger partial charge in [0.2, 0.25) is 0 Å². The Labute approximate surface area is 100 Å². The number of aliphatic hydroxyl groups is 1. The molecule has 88 valence electrons. The molecule has 2 aliphatic rings. The van der Waals surface area contributed by atoms with Crippen LogP contribution in [0, 0.1) is 5.92 Å². The van der Waals surface area contributed by atoms with Crippen LogP contribution in [0.5, 0.6) is 0 Å². The molecule has 0 aliphatic carbocycles. The van der Waals surface area contributed by atoms with Gasteiger partial charge in [0.15, 0.2) is 0 Å². The molecule has 3 nitrogen and oxygen atoms in total. The number of aryl methyl sites for hydroxylation is 1. The van der Waals surface area contributed by atoms with Gasteiger partial charge >= 0.3 is 0 Å². The minimum atomic E-state index is -0.168. The van der Waals surface area contributed by atoms with Crippen molar-refractivity contribution < 1.29 is 5.11 Å². The summed E-state index contributed by atoms with van der Waals surface area (Å²) in [6, 6.07) is 0. The Balaban J connectivity index is 1.77. The van der Waals surface area contributed by atoms with Crippen LogP contribution in [-0.2, 0) is 19.4 Å². The van der Waals surface area contributed by atoms with Crippen LogP contribution >= 0.6 is 11.8 Å². The monoisotopic (exact) mass is 238 g/mol. The van der Waals surface area contributed by atoms with Gasteiger partial charge in [-0.15, -0.1) is 0 Å². The largest absolute Gasteiger partial charge is 0.391 e. The highest BCUT2D eigenvalue weighted by Crippen LogP contribution is 2.27. The minimum Gasteiger partial charge on any atom is -0.391 e. The average Bonchev–Trinajstić information content (AvgIpc) is 2.90. The fourth-order valence-electron chi connectivity index (χ4n) is 2.66. The topological polar surface area (TPSA) is 38.1 Å². The van der Waals surface area contributed by atoms with Gasteiger partial charge in [0.1, 0.15) is 5.82 Å². The van der Waals surface area contributed by atoms with E-state index >= 15 is 0 Å². The van der Waals surface area contributed by atoms with E-state index in [2.05, 4.69) is 21.3 Å². The lowest BCUT2D eigenvalue weighted by molar-refractivity contribution is 0.129. The Morgan fingerprint density at radius 3 is 3.25 bits per heavy atom. The van der Waals surface area contributed by atoms with E-state index in [1.165, 1.54) is 29.4 Å². The van der Waals surface area contributed by atoms with E-state index in [1.54, 1.807) is 0 Å². The third-order valence-electron chi connectivity index (χ3n) is 3.64. The molecule has 1 aromatic rings. The molecule has 1 N–H and O–H groups in total. The smallest absolute Gasteiger partial charge is 0.109 e. The second-order valence-corrected chi connectivity index (χ2v) is 6.05. The molecule has 0 bridgehead atoms. The van der Waals surface area contributed by atoms with Gasteiger partial charge in [-0.1, -0.05) is 0 Å². The summed E-state index contributed by atoms with van der Waals surface area (Å²) in [5.74, 6) is 4.59. The standard InChI is InChI=1S/C12H18N2OS/c15-11-2-1-10-6-13-12(14(10)7-11)5-9-3-4-16-8-9/h6,9,11,15H,1-5,7-8H2. The predicted octanol–water partition coefficient (Wildman–Crippen LogP) is 1.49. The Morgan fingerprint density at radius 2 is 2.44 bits per heavy atom. The van der Waals surface area contributed by atoms with Crippen molar-refractivity contribution in [3.8, 4) is 0 Å². The number of aliphatic hydroxyl groups excluding tert-OH is 1. The number of hydrogen-bond donors (Lipinski definition) is 1. The molecule has 0 amide bonds. The molecule has 0 spiro atoms. The molecule has 0 aromatic carbocycles. The summed E-state index contributed by atoms with van der Waals surface area (Å²) < 4.78 is 2.25. The molecule has 1 saturated heterocycles. The summed E-state index contributed by atoms with van der Waals surface area (Å²) in [7, 11) is 0. The first-order valence-corrected chi connectivity index (χ1v) is 7.27. The van der Waals surface area contributed by atoms with Gasteiger partial charge in [0, 0.05) is 18.3 Å². The van der Waals surface area contributed by atoms with Crippen LogP contribution in [0.1, 0.15) is 24.4 Å².